The maximum absolute atomic E-state index is 13.3. The van der Waals surface area contributed by atoms with Crippen molar-refractivity contribution >= 4 is 11.6 Å². The summed E-state index contributed by atoms with van der Waals surface area (Å²) in [5, 5.41) is 0.0491. The second-order valence-corrected chi connectivity index (χ2v) is 3.88. The molecule has 0 fully saturated rings. The molecule has 0 saturated carbocycles. The van der Waals surface area contributed by atoms with Crippen LogP contribution in [0.1, 0.15) is 5.56 Å². The molecule has 0 heterocycles. The third-order valence-electron chi connectivity index (χ3n) is 2.37. The first kappa shape index (κ1) is 11.6. The quantitative estimate of drug-likeness (QED) is 0.662. The molecule has 0 amide bonds. The summed E-state index contributed by atoms with van der Waals surface area (Å²) in [5.74, 6) is 1.25. The van der Waals surface area contributed by atoms with Gasteiger partial charge < -0.3 is 0 Å². The van der Waals surface area contributed by atoms with Crippen molar-refractivity contribution < 1.29 is 8.78 Å². The first-order chi connectivity index (χ1) is 8.11. The SMILES string of the molecule is C#Cc1cc(-c2ccc(Cl)c(F)c2)ccc1F. The number of benzene rings is 2. The Hall–Kier alpha value is -1.85. The Morgan fingerprint density at radius 2 is 1.59 bits per heavy atom. The van der Waals surface area contributed by atoms with Crippen molar-refractivity contribution in [1.82, 2.24) is 0 Å². The molecule has 3 heteroatoms. The predicted molar refractivity (Wildman–Crippen MR) is 64.7 cm³/mol. The van der Waals surface area contributed by atoms with Crippen LogP contribution < -0.4 is 0 Å². The van der Waals surface area contributed by atoms with E-state index >= 15 is 0 Å². The molecule has 2 aromatic rings. The third-order valence-corrected chi connectivity index (χ3v) is 2.68. The van der Waals surface area contributed by atoms with E-state index in [1.165, 1.54) is 24.3 Å². The van der Waals surface area contributed by atoms with E-state index in [0.717, 1.165) is 0 Å². The first-order valence-electron chi connectivity index (χ1n) is 4.83. The third kappa shape index (κ3) is 2.30. The van der Waals surface area contributed by atoms with Crippen molar-refractivity contribution in [2.75, 3.05) is 0 Å². The molecule has 84 valence electrons. The molecule has 17 heavy (non-hydrogen) atoms. The lowest BCUT2D eigenvalue weighted by atomic mass is 10.0. The Labute approximate surface area is 103 Å². The Balaban J connectivity index is 2.54. The maximum Gasteiger partial charge on any atom is 0.142 e. The summed E-state index contributed by atoms with van der Waals surface area (Å²) in [7, 11) is 0. The van der Waals surface area contributed by atoms with Gasteiger partial charge in [-0.25, -0.2) is 8.78 Å². The molecule has 0 nitrogen and oxygen atoms in total. The lowest BCUT2D eigenvalue weighted by molar-refractivity contribution is 0.624. The zero-order valence-corrected chi connectivity index (χ0v) is 9.43. The van der Waals surface area contributed by atoms with E-state index in [1.807, 2.05) is 0 Å². The van der Waals surface area contributed by atoms with Crippen molar-refractivity contribution in [1.29, 1.82) is 0 Å². The first-order valence-corrected chi connectivity index (χ1v) is 5.21. The van der Waals surface area contributed by atoms with Crippen LogP contribution in [0, 0.1) is 24.0 Å². The summed E-state index contributed by atoms with van der Waals surface area (Å²) in [6, 6.07) is 8.69. The second kappa shape index (κ2) is 4.57. The monoisotopic (exact) mass is 248 g/mol. The van der Waals surface area contributed by atoms with Crippen LogP contribution in [-0.4, -0.2) is 0 Å². The van der Waals surface area contributed by atoms with Gasteiger partial charge in [-0.1, -0.05) is 29.7 Å². The summed E-state index contributed by atoms with van der Waals surface area (Å²) in [6.07, 6.45) is 5.17. The molecule has 0 aliphatic rings. The Morgan fingerprint density at radius 3 is 2.24 bits per heavy atom. The smallest absolute Gasteiger partial charge is 0.142 e. The van der Waals surface area contributed by atoms with E-state index in [-0.39, 0.29) is 10.6 Å². The van der Waals surface area contributed by atoms with Crippen molar-refractivity contribution in [3.8, 4) is 23.5 Å². The summed E-state index contributed by atoms with van der Waals surface area (Å²) >= 11 is 5.58. The van der Waals surface area contributed by atoms with Gasteiger partial charge in [0.05, 0.1) is 10.6 Å². The van der Waals surface area contributed by atoms with Crippen LogP contribution in [0.4, 0.5) is 8.78 Å². The standard InChI is InChI=1S/C14H7ClF2/c1-2-9-7-10(4-6-13(9)16)11-3-5-12(15)14(17)8-11/h1,3-8H. The highest BCUT2D eigenvalue weighted by Gasteiger charge is 2.06. The van der Waals surface area contributed by atoms with E-state index in [0.29, 0.717) is 11.1 Å². The second-order valence-electron chi connectivity index (χ2n) is 3.47. The van der Waals surface area contributed by atoms with Crippen LogP contribution in [0.3, 0.4) is 0 Å². The highest BCUT2D eigenvalue weighted by molar-refractivity contribution is 6.30. The van der Waals surface area contributed by atoms with Gasteiger partial charge in [0, 0.05) is 0 Å². The number of rotatable bonds is 1. The van der Waals surface area contributed by atoms with E-state index < -0.39 is 11.6 Å². The van der Waals surface area contributed by atoms with Gasteiger partial charge in [0.1, 0.15) is 11.6 Å². The fraction of sp³-hybridized carbons (Fsp3) is 0. The average Bonchev–Trinajstić information content (AvgIpc) is 2.33. The van der Waals surface area contributed by atoms with Crippen LogP contribution in [0.25, 0.3) is 11.1 Å². The van der Waals surface area contributed by atoms with Crippen LogP contribution in [0.2, 0.25) is 5.02 Å². The van der Waals surface area contributed by atoms with E-state index in [4.69, 9.17) is 18.0 Å². The summed E-state index contributed by atoms with van der Waals surface area (Å²) in [5.41, 5.74) is 1.40. The largest absolute Gasteiger partial charge is 0.206 e. The van der Waals surface area contributed by atoms with Gasteiger partial charge in [-0.3, -0.25) is 0 Å². The molecule has 0 aliphatic carbocycles. The summed E-state index contributed by atoms with van der Waals surface area (Å²) in [6.45, 7) is 0. The topological polar surface area (TPSA) is 0 Å². The molecule has 0 saturated heterocycles. The molecule has 0 bridgehead atoms. The van der Waals surface area contributed by atoms with E-state index in [2.05, 4.69) is 5.92 Å². The van der Waals surface area contributed by atoms with Crippen LogP contribution >= 0.6 is 11.6 Å². The zero-order valence-electron chi connectivity index (χ0n) is 8.68. The minimum atomic E-state index is -0.518. The molecule has 2 aromatic carbocycles. The van der Waals surface area contributed by atoms with E-state index in [1.54, 1.807) is 12.1 Å². The molecule has 0 radical (unpaired) electrons. The highest BCUT2D eigenvalue weighted by atomic mass is 35.5. The maximum atomic E-state index is 13.3. The number of halogens is 3. The Morgan fingerprint density at radius 1 is 0.941 bits per heavy atom. The molecule has 0 aliphatic heterocycles. The predicted octanol–water partition coefficient (Wildman–Crippen LogP) is 4.27. The minimum absolute atomic E-state index is 0.0491. The van der Waals surface area contributed by atoms with Gasteiger partial charge in [0.25, 0.3) is 0 Å². The van der Waals surface area contributed by atoms with Crippen LogP contribution in [0.15, 0.2) is 36.4 Å². The van der Waals surface area contributed by atoms with Crippen molar-refractivity contribution in [3.05, 3.63) is 58.6 Å². The molecule has 0 spiro atoms. The number of terminal acetylenes is 1. The molecular formula is C14H7ClF2. The molecule has 0 aromatic heterocycles. The molecule has 0 N–H and O–H groups in total. The van der Waals surface area contributed by atoms with Crippen LogP contribution in [-0.2, 0) is 0 Å². The normalized spacial score (nSPS) is 10.0. The highest BCUT2D eigenvalue weighted by Crippen LogP contribution is 2.25. The van der Waals surface area contributed by atoms with Gasteiger partial charge in [-0.2, -0.15) is 0 Å². The lowest BCUT2D eigenvalue weighted by Gasteiger charge is -2.04. The van der Waals surface area contributed by atoms with Crippen molar-refractivity contribution in [2.45, 2.75) is 0 Å². The van der Waals surface area contributed by atoms with Crippen molar-refractivity contribution in [2.24, 2.45) is 0 Å². The van der Waals surface area contributed by atoms with Gasteiger partial charge in [0.2, 0.25) is 0 Å². The van der Waals surface area contributed by atoms with Gasteiger partial charge >= 0.3 is 0 Å². The van der Waals surface area contributed by atoms with E-state index in [9.17, 15) is 8.78 Å². The zero-order chi connectivity index (χ0) is 12.4. The minimum Gasteiger partial charge on any atom is -0.206 e. The molecular weight excluding hydrogens is 242 g/mol. The Bertz CT molecular complexity index is 612. The van der Waals surface area contributed by atoms with Gasteiger partial charge in [0.15, 0.2) is 0 Å². The van der Waals surface area contributed by atoms with Crippen molar-refractivity contribution in [3.63, 3.8) is 0 Å². The summed E-state index contributed by atoms with van der Waals surface area (Å²) in [4.78, 5) is 0. The number of hydrogen-bond acceptors (Lipinski definition) is 0. The number of hydrogen-bond donors (Lipinski definition) is 0. The Kier molecular flexibility index (Phi) is 3.12. The summed E-state index contributed by atoms with van der Waals surface area (Å²) < 4.78 is 26.5. The van der Waals surface area contributed by atoms with Gasteiger partial charge in [-0.15, -0.1) is 6.42 Å². The lowest BCUT2D eigenvalue weighted by Crippen LogP contribution is -1.86. The molecule has 2 rings (SSSR count). The molecule has 0 atom stereocenters. The van der Waals surface area contributed by atoms with Gasteiger partial charge in [-0.05, 0) is 35.4 Å². The average molecular weight is 249 g/mol. The molecule has 0 unspecified atom stereocenters. The fourth-order valence-corrected chi connectivity index (χ4v) is 1.61. The van der Waals surface area contributed by atoms with Crippen LogP contribution in [0.5, 0.6) is 0 Å². The fourth-order valence-electron chi connectivity index (χ4n) is 1.49.